The van der Waals surface area contributed by atoms with Crippen LogP contribution in [0.5, 0.6) is 0 Å². The second-order valence-corrected chi connectivity index (χ2v) is 39.9. The van der Waals surface area contributed by atoms with E-state index >= 15 is 0 Å². The molecule has 6 aromatic rings. The average molecular weight is 1460 g/mol. The van der Waals surface area contributed by atoms with E-state index in [2.05, 4.69) is 312 Å². The minimum Gasteiger partial charge on any atom is -0.380 e. The molecule has 6 aliphatic carbocycles. The van der Waals surface area contributed by atoms with Crippen LogP contribution in [0.4, 0.5) is 0 Å². The van der Waals surface area contributed by atoms with Crippen molar-refractivity contribution in [2.24, 2.45) is 16.2 Å². The van der Waals surface area contributed by atoms with Crippen LogP contribution < -0.4 is 0 Å². The summed E-state index contributed by atoms with van der Waals surface area (Å²) in [5.41, 5.74) is 22.9. The summed E-state index contributed by atoms with van der Waals surface area (Å²) in [7, 11) is 0. The summed E-state index contributed by atoms with van der Waals surface area (Å²) in [5.74, 6) is 0. The average Bonchev–Trinajstić information content (AvgIpc) is 1.50. The van der Waals surface area contributed by atoms with E-state index in [9.17, 15) is 0 Å². The van der Waals surface area contributed by atoms with Gasteiger partial charge in [0.25, 0.3) is 0 Å². The molecule has 4 unspecified atom stereocenters. The van der Waals surface area contributed by atoms with Gasteiger partial charge in [-0.2, -0.15) is 0 Å². The van der Waals surface area contributed by atoms with Crippen molar-refractivity contribution in [3.05, 3.63) is 212 Å². The lowest BCUT2D eigenvalue weighted by atomic mass is 9.62. The zero-order chi connectivity index (χ0) is 81.5. The number of rotatable bonds is 0. The molecule has 2 heteroatoms. The quantitative estimate of drug-likeness (QED) is 0.141. The number of fused-ring (bicyclic) bond motifs is 14. The Morgan fingerprint density at radius 2 is 0.505 bits per heavy atom. The third-order valence-corrected chi connectivity index (χ3v) is 26.1. The van der Waals surface area contributed by atoms with E-state index in [1.165, 1.54) is 125 Å². The highest BCUT2D eigenvalue weighted by Gasteiger charge is 2.60. The van der Waals surface area contributed by atoms with Crippen LogP contribution >= 0.6 is 0 Å². The normalized spacial score (nSPS) is 25.9. The number of ether oxygens (including phenoxy) is 2. The van der Waals surface area contributed by atoms with Crippen molar-refractivity contribution < 1.29 is 9.47 Å². The zero-order valence-corrected chi connectivity index (χ0v) is 76.9. The molecule has 2 saturated carbocycles. The highest BCUT2D eigenvalue weighted by Crippen LogP contribution is 2.67. The fourth-order valence-corrected chi connectivity index (χ4v) is 22.0. The molecule has 2 nitrogen and oxygen atoms in total. The van der Waals surface area contributed by atoms with E-state index < -0.39 is 0 Å². The van der Waals surface area contributed by atoms with Gasteiger partial charge in [0.2, 0.25) is 0 Å². The van der Waals surface area contributed by atoms with E-state index in [-0.39, 0.29) is 32.9 Å². The van der Waals surface area contributed by atoms with Crippen molar-refractivity contribution in [3.63, 3.8) is 0 Å². The summed E-state index contributed by atoms with van der Waals surface area (Å²) < 4.78 is 11.9. The second-order valence-electron chi connectivity index (χ2n) is 39.9. The van der Waals surface area contributed by atoms with Crippen LogP contribution in [-0.4, -0.2) is 13.2 Å². The van der Waals surface area contributed by atoms with Gasteiger partial charge >= 0.3 is 0 Å². The summed E-state index contributed by atoms with van der Waals surface area (Å²) in [6.45, 7) is 82.6. The second kappa shape index (κ2) is 37.3. The molecular formula is C105H168O2. The molecule has 6 aromatic carbocycles. The van der Waals surface area contributed by atoms with Gasteiger partial charge in [-0.3, -0.25) is 0 Å². The summed E-state index contributed by atoms with van der Waals surface area (Å²) in [6.07, 6.45) is 21.5. The lowest BCUT2D eigenvalue weighted by Gasteiger charge is -2.41. The molecule has 0 radical (unpaired) electrons. The summed E-state index contributed by atoms with van der Waals surface area (Å²) in [4.78, 5) is 0. The maximum Gasteiger partial charge on any atom is 0.0920 e. The Hall–Kier alpha value is -4.76. The van der Waals surface area contributed by atoms with E-state index in [0.29, 0.717) is 48.7 Å². The van der Waals surface area contributed by atoms with Crippen molar-refractivity contribution in [3.8, 4) is 0 Å². The first-order valence-electron chi connectivity index (χ1n) is 43.8. The Kier molecular flexibility index (Phi) is 32.9. The van der Waals surface area contributed by atoms with Gasteiger partial charge in [-0.15, -0.1) is 0 Å². The molecule has 4 bridgehead atoms. The van der Waals surface area contributed by atoms with Crippen LogP contribution in [0.25, 0.3) is 0 Å². The molecule has 4 atom stereocenters. The Morgan fingerprint density at radius 3 is 0.813 bits per heavy atom. The fourth-order valence-electron chi connectivity index (χ4n) is 22.0. The van der Waals surface area contributed by atoms with Crippen LogP contribution in [0.1, 0.15) is 419 Å². The van der Waals surface area contributed by atoms with Crippen LogP contribution in [0.3, 0.4) is 0 Å². The van der Waals surface area contributed by atoms with Gasteiger partial charge < -0.3 is 9.47 Å². The molecule has 3 fully saturated rings. The molecule has 0 N–H and O–H groups in total. The van der Waals surface area contributed by atoms with Crippen LogP contribution in [0.15, 0.2) is 146 Å². The minimum absolute atomic E-state index is 0.00530. The van der Waals surface area contributed by atoms with Crippen molar-refractivity contribution >= 4 is 0 Å². The van der Waals surface area contributed by atoms with Gasteiger partial charge in [0.15, 0.2) is 0 Å². The maximum atomic E-state index is 6.12. The highest BCUT2D eigenvalue weighted by atomic mass is 16.5. The van der Waals surface area contributed by atoms with Crippen molar-refractivity contribution in [2.75, 3.05) is 13.2 Å². The Labute approximate surface area is 664 Å². The lowest BCUT2D eigenvalue weighted by molar-refractivity contribution is -0.0662. The predicted octanol–water partition coefficient (Wildman–Crippen LogP) is 31.9. The molecule has 1 spiro atoms. The van der Waals surface area contributed by atoms with Gasteiger partial charge in [0.05, 0.1) is 24.4 Å². The lowest BCUT2D eigenvalue weighted by Crippen LogP contribution is -2.36. The van der Waals surface area contributed by atoms with Gasteiger partial charge in [-0.25, -0.2) is 0 Å². The van der Waals surface area contributed by atoms with Crippen molar-refractivity contribution in [2.45, 2.75) is 417 Å². The number of hydrogen-bond acceptors (Lipinski definition) is 2. The highest BCUT2D eigenvalue weighted by molar-refractivity contribution is 5.51. The standard InChI is InChI=1S/C19H28.C17H26.C16H22.C15H22.C14H20O.C12H14O.6C2H6/c1-17(2)13-19(11-7-8-12-19)14-18(3,4)16-10-6-5-9-15(16)17;1-15(2)11-16(3,4)13-9-7-8-10-14(13)17(5,6)12-15;1-14(2,3)16-10-9-15(4,11-16)12-7-5-6-8-13(12)16;1-14(2)10-7-11-15(3,4)13-9-6-5-8-12(13)14;1-13(2)9-15-10-14(3,4)12-8-6-5-7-11(12)13;1-11-7-8-12(2,13-11)10-6-4-3-5-9(10)11;6*1-2/h5-6,9-10H,7-8,11-14H2,1-4H3;7-10H,11-12H2,1-6H3;5-8H,9-11H2,1-4H3;5-6,8-9H,7,10-11H2,1-4H3;5-8H,9-10H2,1-4H3;3-6H,7-8H2,1-2H3;6*1-2H3. The number of benzene rings is 6. The van der Waals surface area contributed by atoms with Gasteiger partial charge in [0.1, 0.15) is 0 Å². The van der Waals surface area contributed by atoms with Crippen molar-refractivity contribution in [1.29, 1.82) is 0 Å². The molecule has 3 aliphatic heterocycles. The molecule has 3 heterocycles. The summed E-state index contributed by atoms with van der Waals surface area (Å²) >= 11 is 0. The van der Waals surface area contributed by atoms with E-state index in [0.717, 1.165) is 13.2 Å². The molecule has 107 heavy (non-hydrogen) atoms. The Bertz CT molecular complexity index is 3410. The third-order valence-electron chi connectivity index (χ3n) is 26.1. The van der Waals surface area contributed by atoms with E-state index in [1.807, 2.05) is 83.1 Å². The molecule has 9 aliphatic rings. The molecule has 600 valence electrons. The first-order valence-corrected chi connectivity index (χ1v) is 43.8. The van der Waals surface area contributed by atoms with E-state index in [4.69, 9.17) is 9.47 Å². The Morgan fingerprint density at radius 1 is 0.243 bits per heavy atom. The first-order chi connectivity index (χ1) is 49.9. The zero-order valence-electron chi connectivity index (χ0n) is 76.9. The van der Waals surface area contributed by atoms with Crippen LogP contribution in [0.2, 0.25) is 0 Å². The molecular weight excluding hydrogens is 1290 g/mol. The van der Waals surface area contributed by atoms with Gasteiger partial charge in [-0.05, 0) is 218 Å². The smallest absolute Gasteiger partial charge is 0.0920 e. The Balaban J connectivity index is 0.000000264. The van der Waals surface area contributed by atoms with Crippen LogP contribution in [0, 0.1) is 16.2 Å². The third kappa shape index (κ3) is 21.1. The molecule has 0 amide bonds. The molecule has 15 rings (SSSR count). The first kappa shape index (κ1) is 94.6. The monoisotopic (exact) mass is 1460 g/mol. The van der Waals surface area contributed by atoms with E-state index in [1.54, 1.807) is 44.5 Å². The van der Waals surface area contributed by atoms with Gasteiger partial charge in [-0.1, -0.05) is 400 Å². The van der Waals surface area contributed by atoms with Crippen molar-refractivity contribution in [1.82, 2.24) is 0 Å². The minimum atomic E-state index is 0.00530. The molecule has 0 aromatic heterocycles. The fraction of sp³-hybridized carbons (Fsp3) is 0.657. The van der Waals surface area contributed by atoms with Crippen LogP contribution in [-0.2, 0) is 74.8 Å². The topological polar surface area (TPSA) is 18.5 Å². The summed E-state index contributed by atoms with van der Waals surface area (Å²) in [6, 6.07) is 53.8. The summed E-state index contributed by atoms with van der Waals surface area (Å²) in [5, 5.41) is 0. The molecule has 1 saturated heterocycles. The predicted molar refractivity (Wildman–Crippen MR) is 476 cm³/mol. The SMILES string of the molecule is CC.CC.CC.CC.CC.CC.CC1(C)CC(C)(C)c2ccccc2C(C)(C)C1.CC1(C)CC2(CCCC2)CC(C)(C)c2ccccc21.CC1(C)CCCC(C)(C)c2ccccc21.CC1(C)COCC(C)(C)c2ccccc21.CC12CCC(C(C)(C)C)(C1)c1ccccc12.CC12CCC(C)(O1)c1ccccc12. The number of hydrogen-bond donors (Lipinski definition) is 0. The maximum absolute atomic E-state index is 6.12. The van der Waals surface area contributed by atoms with Gasteiger partial charge in [0, 0.05) is 16.2 Å². The largest absolute Gasteiger partial charge is 0.380 e.